The van der Waals surface area contributed by atoms with Gasteiger partial charge in [0.05, 0.1) is 0 Å². The quantitative estimate of drug-likeness (QED) is 0.803. The topological polar surface area (TPSA) is 24.9 Å². The van der Waals surface area contributed by atoms with Gasteiger partial charge in [0.25, 0.3) is 0 Å². The Kier molecular flexibility index (Phi) is 6.52. The molecule has 112 valence electrons. The average molecular weight is 274 g/mol. The van der Waals surface area contributed by atoms with Crippen LogP contribution in [0.2, 0.25) is 0 Å². The van der Waals surface area contributed by atoms with Gasteiger partial charge in [-0.1, -0.05) is 45.1 Å². The first-order chi connectivity index (χ1) is 9.79. The third-order valence-electron chi connectivity index (χ3n) is 4.70. The predicted octanol–water partition coefficient (Wildman–Crippen LogP) is 4.27. The number of nitrogens with one attached hydrogen (secondary N) is 1. The first-order valence-electron chi connectivity index (χ1n) is 8.43. The minimum Gasteiger partial charge on any atom is -0.314 e. The lowest BCUT2D eigenvalue weighted by Crippen LogP contribution is -2.32. The average Bonchev–Trinajstić information content (AvgIpc) is 2.48. The summed E-state index contributed by atoms with van der Waals surface area (Å²) in [6.07, 6.45) is 13.0. The van der Waals surface area contributed by atoms with Crippen molar-refractivity contribution in [3.8, 4) is 0 Å². The molecule has 1 aliphatic carbocycles. The molecular weight excluding hydrogens is 244 g/mol. The maximum absolute atomic E-state index is 4.56. The lowest BCUT2D eigenvalue weighted by molar-refractivity contribution is 0.313. The molecule has 0 aromatic carbocycles. The summed E-state index contributed by atoms with van der Waals surface area (Å²) in [6.45, 7) is 5.44. The van der Waals surface area contributed by atoms with E-state index in [-0.39, 0.29) is 0 Å². The smallest absolute Gasteiger partial charge is 0.0448 e. The van der Waals surface area contributed by atoms with E-state index in [0.717, 1.165) is 18.9 Å². The lowest BCUT2D eigenvalue weighted by atomic mass is 9.84. The van der Waals surface area contributed by atoms with E-state index < -0.39 is 0 Å². The molecule has 0 aliphatic heterocycles. The van der Waals surface area contributed by atoms with Gasteiger partial charge in [0, 0.05) is 24.4 Å². The highest BCUT2D eigenvalue weighted by molar-refractivity contribution is 5.18. The summed E-state index contributed by atoms with van der Waals surface area (Å²) in [5, 5.41) is 3.66. The summed E-state index contributed by atoms with van der Waals surface area (Å²) >= 11 is 0. The van der Waals surface area contributed by atoms with Crippen LogP contribution in [-0.4, -0.2) is 17.6 Å². The van der Waals surface area contributed by atoms with E-state index in [9.17, 15) is 0 Å². The van der Waals surface area contributed by atoms with Gasteiger partial charge in [-0.15, -0.1) is 0 Å². The molecule has 1 heterocycles. The van der Waals surface area contributed by atoms with Crippen molar-refractivity contribution in [3.63, 3.8) is 0 Å². The standard InChI is InChI=1S/C18H30N2/c1-3-19-17(12-11-16-9-5-4-6-10-16)14-18-15(2)8-7-13-20-18/h7-8,13,16-17,19H,3-6,9-12,14H2,1-2H3. The van der Waals surface area contributed by atoms with Crippen molar-refractivity contribution in [2.24, 2.45) is 5.92 Å². The van der Waals surface area contributed by atoms with Gasteiger partial charge in [0.1, 0.15) is 0 Å². The summed E-state index contributed by atoms with van der Waals surface area (Å²) in [4.78, 5) is 4.56. The zero-order valence-electron chi connectivity index (χ0n) is 13.2. The molecule has 0 bridgehead atoms. The van der Waals surface area contributed by atoms with Gasteiger partial charge in [-0.25, -0.2) is 0 Å². The lowest BCUT2D eigenvalue weighted by Gasteiger charge is -2.25. The fourth-order valence-corrected chi connectivity index (χ4v) is 3.44. The molecule has 2 heteroatoms. The van der Waals surface area contributed by atoms with Gasteiger partial charge >= 0.3 is 0 Å². The Morgan fingerprint density at radius 3 is 2.80 bits per heavy atom. The molecule has 0 amide bonds. The highest BCUT2D eigenvalue weighted by atomic mass is 14.9. The van der Waals surface area contributed by atoms with Crippen LogP contribution in [0.25, 0.3) is 0 Å². The van der Waals surface area contributed by atoms with E-state index in [2.05, 4.69) is 30.2 Å². The maximum Gasteiger partial charge on any atom is 0.0448 e. The van der Waals surface area contributed by atoms with Crippen LogP contribution in [-0.2, 0) is 6.42 Å². The molecule has 1 unspecified atom stereocenters. The molecule has 2 rings (SSSR count). The molecule has 0 saturated heterocycles. The molecule has 1 aliphatic rings. The van der Waals surface area contributed by atoms with E-state index >= 15 is 0 Å². The maximum atomic E-state index is 4.56. The van der Waals surface area contributed by atoms with E-state index in [0.29, 0.717) is 6.04 Å². The minimum atomic E-state index is 0.593. The summed E-state index contributed by atoms with van der Waals surface area (Å²) < 4.78 is 0. The molecule has 20 heavy (non-hydrogen) atoms. The van der Waals surface area contributed by atoms with Crippen LogP contribution in [0.4, 0.5) is 0 Å². The van der Waals surface area contributed by atoms with Gasteiger partial charge in [0.15, 0.2) is 0 Å². The first-order valence-corrected chi connectivity index (χ1v) is 8.43. The minimum absolute atomic E-state index is 0.593. The molecule has 1 N–H and O–H groups in total. The van der Waals surface area contributed by atoms with E-state index in [4.69, 9.17) is 0 Å². The van der Waals surface area contributed by atoms with Gasteiger partial charge in [-0.3, -0.25) is 4.98 Å². The zero-order chi connectivity index (χ0) is 14.2. The molecule has 1 aromatic heterocycles. The van der Waals surface area contributed by atoms with Crippen LogP contribution in [0.3, 0.4) is 0 Å². The van der Waals surface area contributed by atoms with Crippen molar-refractivity contribution >= 4 is 0 Å². The van der Waals surface area contributed by atoms with Crippen LogP contribution < -0.4 is 5.32 Å². The summed E-state index contributed by atoms with van der Waals surface area (Å²) in [5.41, 5.74) is 2.59. The summed E-state index contributed by atoms with van der Waals surface area (Å²) in [5.74, 6) is 0.981. The predicted molar refractivity (Wildman–Crippen MR) is 86.0 cm³/mol. The van der Waals surface area contributed by atoms with Gasteiger partial charge < -0.3 is 5.32 Å². The number of hydrogen-bond acceptors (Lipinski definition) is 2. The van der Waals surface area contributed by atoms with Crippen LogP contribution in [0, 0.1) is 12.8 Å². The molecule has 1 atom stereocenters. The van der Waals surface area contributed by atoms with Gasteiger partial charge in [-0.05, 0) is 43.9 Å². The Balaban J connectivity index is 1.84. The van der Waals surface area contributed by atoms with Crippen LogP contribution >= 0.6 is 0 Å². The van der Waals surface area contributed by atoms with Gasteiger partial charge in [-0.2, -0.15) is 0 Å². The largest absolute Gasteiger partial charge is 0.314 e. The number of rotatable bonds is 7. The Bertz CT molecular complexity index is 383. The van der Waals surface area contributed by atoms with E-state index in [1.165, 1.54) is 56.2 Å². The van der Waals surface area contributed by atoms with Crippen molar-refractivity contribution in [3.05, 3.63) is 29.6 Å². The van der Waals surface area contributed by atoms with E-state index in [1.54, 1.807) is 0 Å². The summed E-state index contributed by atoms with van der Waals surface area (Å²) in [7, 11) is 0. The van der Waals surface area contributed by atoms with Crippen LogP contribution in [0.5, 0.6) is 0 Å². The third kappa shape index (κ3) is 4.90. The number of aromatic nitrogens is 1. The fraction of sp³-hybridized carbons (Fsp3) is 0.722. The van der Waals surface area contributed by atoms with Gasteiger partial charge in [0.2, 0.25) is 0 Å². The van der Waals surface area contributed by atoms with Crippen molar-refractivity contribution < 1.29 is 0 Å². The highest BCUT2D eigenvalue weighted by Gasteiger charge is 2.17. The van der Waals surface area contributed by atoms with Crippen LogP contribution in [0.1, 0.15) is 63.1 Å². The van der Waals surface area contributed by atoms with E-state index in [1.807, 2.05) is 12.3 Å². The monoisotopic (exact) mass is 274 g/mol. The first kappa shape index (κ1) is 15.5. The second-order valence-electron chi connectivity index (χ2n) is 6.31. The number of nitrogens with zero attached hydrogens (tertiary/aromatic N) is 1. The Morgan fingerprint density at radius 1 is 1.30 bits per heavy atom. The zero-order valence-corrected chi connectivity index (χ0v) is 13.2. The van der Waals surface area contributed by atoms with Crippen molar-refractivity contribution in [1.29, 1.82) is 0 Å². The fourth-order valence-electron chi connectivity index (χ4n) is 3.44. The number of pyridine rings is 1. The molecule has 0 radical (unpaired) electrons. The second kappa shape index (κ2) is 8.41. The molecule has 1 aromatic rings. The SMILES string of the molecule is CCNC(CCC1CCCCC1)Cc1ncccc1C. The summed E-state index contributed by atoms with van der Waals surface area (Å²) in [6, 6.07) is 4.80. The van der Waals surface area contributed by atoms with Crippen molar-refractivity contribution in [2.75, 3.05) is 6.54 Å². The molecule has 1 saturated carbocycles. The normalized spacial score (nSPS) is 18.1. The second-order valence-corrected chi connectivity index (χ2v) is 6.31. The molecule has 1 fully saturated rings. The third-order valence-corrected chi connectivity index (χ3v) is 4.70. The molecule has 0 spiro atoms. The number of likely N-dealkylation sites (N-methyl/N-ethyl adjacent to an activating group) is 1. The molecular formula is C18H30N2. The number of aryl methyl sites for hydroxylation is 1. The van der Waals surface area contributed by atoms with Crippen molar-refractivity contribution in [2.45, 2.75) is 71.3 Å². The Labute approximate surface area is 124 Å². The molecule has 2 nitrogen and oxygen atoms in total. The Morgan fingerprint density at radius 2 is 2.10 bits per heavy atom. The van der Waals surface area contributed by atoms with Crippen molar-refractivity contribution in [1.82, 2.24) is 10.3 Å². The highest BCUT2D eigenvalue weighted by Crippen LogP contribution is 2.28. The number of hydrogen-bond donors (Lipinski definition) is 1. The van der Waals surface area contributed by atoms with Crippen LogP contribution in [0.15, 0.2) is 18.3 Å². The Hall–Kier alpha value is -0.890.